The van der Waals surface area contributed by atoms with Crippen LogP contribution in [0.2, 0.25) is 10.0 Å². The highest BCUT2D eigenvalue weighted by molar-refractivity contribution is 6.35. The lowest BCUT2D eigenvalue weighted by molar-refractivity contribution is -0.143. The summed E-state index contributed by atoms with van der Waals surface area (Å²) in [5, 5.41) is 3.71. The number of ether oxygens (including phenoxy) is 1. The van der Waals surface area contributed by atoms with E-state index in [1.807, 2.05) is 52.0 Å². The molecule has 2 aromatic carbocycles. The molecule has 2 rings (SSSR count). The Kier molecular flexibility index (Phi) is 9.00. The highest BCUT2D eigenvalue weighted by Gasteiger charge is 2.29. The average molecular weight is 451 g/mol. The monoisotopic (exact) mass is 450 g/mol. The molecule has 30 heavy (non-hydrogen) atoms. The molecule has 0 aromatic heterocycles. The fraction of sp³-hybridized carbons (Fsp3) is 0.391. The molecule has 162 valence electrons. The second-order valence-electron chi connectivity index (χ2n) is 7.46. The van der Waals surface area contributed by atoms with Crippen LogP contribution in [0.3, 0.4) is 0 Å². The first-order valence-corrected chi connectivity index (χ1v) is 10.7. The van der Waals surface area contributed by atoms with E-state index < -0.39 is 6.04 Å². The average Bonchev–Trinajstić information content (AvgIpc) is 2.68. The summed E-state index contributed by atoms with van der Waals surface area (Å²) in [6, 6.07) is 12.1. The molecule has 5 nitrogen and oxygen atoms in total. The zero-order valence-corrected chi connectivity index (χ0v) is 19.3. The number of nitrogens with zero attached hydrogens (tertiary/aromatic N) is 1. The van der Waals surface area contributed by atoms with Gasteiger partial charge in [0.1, 0.15) is 11.8 Å². The number of hydrogen-bond donors (Lipinski definition) is 1. The first-order chi connectivity index (χ1) is 14.2. The molecule has 0 heterocycles. The molecule has 0 aliphatic rings. The normalized spacial score (nSPS) is 11.8. The Balaban J connectivity index is 2.22. The Morgan fingerprint density at radius 3 is 2.33 bits per heavy atom. The van der Waals surface area contributed by atoms with Crippen LogP contribution in [0, 0.1) is 6.92 Å². The molecule has 1 N–H and O–H groups in total. The quantitative estimate of drug-likeness (QED) is 0.583. The van der Waals surface area contributed by atoms with Gasteiger partial charge in [0.15, 0.2) is 6.61 Å². The van der Waals surface area contributed by atoms with Crippen LogP contribution < -0.4 is 10.1 Å². The van der Waals surface area contributed by atoms with E-state index >= 15 is 0 Å². The second-order valence-corrected chi connectivity index (χ2v) is 8.30. The number of amides is 2. The van der Waals surface area contributed by atoms with Crippen molar-refractivity contribution in [3.05, 3.63) is 63.6 Å². The molecule has 7 heteroatoms. The maximum Gasteiger partial charge on any atom is 0.261 e. The maximum atomic E-state index is 13.1. The number of aryl methyl sites for hydroxylation is 1. The van der Waals surface area contributed by atoms with Gasteiger partial charge in [0, 0.05) is 17.6 Å². The molecule has 0 aliphatic carbocycles. The molecule has 0 saturated heterocycles. The Bertz CT molecular complexity index is 869. The molecule has 2 amide bonds. The Morgan fingerprint density at radius 1 is 1.10 bits per heavy atom. The highest BCUT2D eigenvalue weighted by Crippen LogP contribution is 2.27. The van der Waals surface area contributed by atoms with Crippen molar-refractivity contribution < 1.29 is 14.3 Å². The minimum Gasteiger partial charge on any atom is -0.482 e. The van der Waals surface area contributed by atoms with Crippen LogP contribution in [-0.4, -0.2) is 35.4 Å². The molecule has 0 radical (unpaired) electrons. The van der Waals surface area contributed by atoms with Gasteiger partial charge in [-0.1, -0.05) is 60.0 Å². The zero-order chi connectivity index (χ0) is 22.3. The summed E-state index contributed by atoms with van der Waals surface area (Å²) in [6.45, 7) is 7.74. The summed E-state index contributed by atoms with van der Waals surface area (Å²) in [4.78, 5) is 27.4. The van der Waals surface area contributed by atoms with E-state index in [4.69, 9.17) is 27.9 Å². The number of hydrogen-bond acceptors (Lipinski definition) is 3. The Labute approximate surface area is 188 Å². The summed E-state index contributed by atoms with van der Waals surface area (Å²) in [7, 11) is 0. The van der Waals surface area contributed by atoms with Crippen LogP contribution in [-0.2, 0) is 16.1 Å². The summed E-state index contributed by atoms with van der Waals surface area (Å²) < 4.78 is 5.63. The van der Waals surface area contributed by atoms with E-state index in [1.54, 1.807) is 23.1 Å². The van der Waals surface area contributed by atoms with Crippen LogP contribution in [0.15, 0.2) is 42.5 Å². The predicted octanol–water partition coefficient (Wildman–Crippen LogP) is 5.01. The molecule has 0 fully saturated rings. The van der Waals surface area contributed by atoms with Crippen molar-refractivity contribution in [3.63, 3.8) is 0 Å². The molecule has 1 atom stereocenters. The van der Waals surface area contributed by atoms with E-state index in [0.29, 0.717) is 28.8 Å². The number of nitrogens with one attached hydrogen (secondary N) is 1. The number of rotatable bonds is 9. The number of carbonyl (C=O) groups is 2. The molecule has 0 bridgehead atoms. The van der Waals surface area contributed by atoms with Gasteiger partial charge in [-0.2, -0.15) is 0 Å². The first-order valence-electron chi connectivity index (χ1n) is 9.94. The van der Waals surface area contributed by atoms with Gasteiger partial charge < -0.3 is 15.0 Å². The van der Waals surface area contributed by atoms with Crippen molar-refractivity contribution in [2.24, 2.45) is 0 Å². The van der Waals surface area contributed by atoms with Crippen molar-refractivity contribution >= 4 is 35.0 Å². The molecular weight excluding hydrogens is 423 g/mol. The SMILES string of the molecule is CCC(C(=O)NC(C)C)N(Cc1ccc(C)cc1)C(=O)COc1ccc(Cl)cc1Cl. The van der Waals surface area contributed by atoms with Crippen molar-refractivity contribution in [2.45, 2.75) is 52.7 Å². The van der Waals surface area contributed by atoms with Gasteiger partial charge in [-0.3, -0.25) is 9.59 Å². The Hall–Kier alpha value is -2.24. The van der Waals surface area contributed by atoms with Crippen molar-refractivity contribution in [2.75, 3.05) is 6.61 Å². The van der Waals surface area contributed by atoms with Crippen LogP contribution in [0.5, 0.6) is 5.75 Å². The van der Waals surface area contributed by atoms with E-state index in [-0.39, 0.29) is 24.5 Å². The van der Waals surface area contributed by atoms with E-state index in [9.17, 15) is 9.59 Å². The fourth-order valence-corrected chi connectivity index (χ4v) is 3.47. The largest absolute Gasteiger partial charge is 0.482 e. The van der Waals surface area contributed by atoms with E-state index in [0.717, 1.165) is 11.1 Å². The van der Waals surface area contributed by atoms with Gasteiger partial charge in [0.25, 0.3) is 5.91 Å². The highest BCUT2D eigenvalue weighted by atomic mass is 35.5. The maximum absolute atomic E-state index is 13.1. The van der Waals surface area contributed by atoms with Crippen LogP contribution in [0.4, 0.5) is 0 Å². The summed E-state index contributed by atoms with van der Waals surface area (Å²) >= 11 is 12.0. The van der Waals surface area contributed by atoms with E-state index in [1.165, 1.54) is 0 Å². The number of halogens is 2. The third-order valence-electron chi connectivity index (χ3n) is 4.54. The van der Waals surface area contributed by atoms with Crippen molar-refractivity contribution in [3.8, 4) is 5.75 Å². The van der Waals surface area contributed by atoms with Gasteiger partial charge in [-0.25, -0.2) is 0 Å². The van der Waals surface area contributed by atoms with Crippen molar-refractivity contribution in [1.29, 1.82) is 0 Å². The predicted molar refractivity (Wildman–Crippen MR) is 121 cm³/mol. The van der Waals surface area contributed by atoms with Crippen LogP contribution in [0.25, 0.3) is 0 Å². The Morgan fingerprint density at radius 2 is 1.77 bits per heavy atom. The minimum atomic E-state index is -0.606. The van der Waals surface area contributed by atoms with E-state index in [2.05, 4.69) is 5.32 Å². The summed E-state index contributed by atoms with van der Waals surface area (Å²) in [6.07, 6.45) is 0.484. The first kappa shape index (κ1) is 24.0. The van der Waals surface area contributed by atoms with Gasteiger partial charge in [0.2, 0.25) is 5.91 Å². The van der Waals surface area contributed by atoms with Crippen LogP contribution in [0.1, 0.15) is 38.3 Å². The molecule has 2 aromatic rings. The molecule has 0 saturated carbocycles. The lowest BCUT2D eigenvalue weighted by Crippen LogP contribution is -2.51. The van der Waals surface area contributed by atoms with Crippen LogP contribution >= 0.6 is 23.2 Å². The van der Waals surface area contributed by atoms with Crippen molar-refractivity contribution in [1.82, 2.24) is 10.2 Å². The lowest BCUT2D eigenvalue weighted by Gasteiger charge is -2.31. The molecule has 0 spiro atoms. The number of carbonyl (C=O) groups excluding carboxylic acids is 2. The second kappa shape index (κ2) is 11.2. The lowest BCUT2D eigenvalue weighted by atomic mass is 10.1. The van der Waals surface area contributed by atoms with Gasteiger partial charge >= 0.3 is 0 Å². The summed E-state index contributed by atoms with van der Waals surface area (Å²) in [5.41, 5.74) is 2.07. The fourth-order valence-electron chi connectivity index (χ4n) is 3.01. The topological polar surface area (TPSA) is 58.6 Å². The zero-order valence-electron chi connectivity index (χ0n) is 17.7. The van der Waals surface area contributed by atoms with Gasteiger partial charge in [-0.15, -0.1) is 0 Å². The smallest absolute Gasteiger partial charge is 0.261 e. The third-order valence-corrected chi connectivity index (χ3v) is 5.07. The minimum absolute atomic E-state index is 0.0213. The molecular formula is C23H28Cl2N2O3. The van der Waals surface area contributed by atoms with Gasteiger partial charge in [-0.05, 0) is 51.0 Å². The summed E-state index contributed by atoms with van der Waals surface area (Å²) in [5.74, 6) is -0.116. The number of benzene rings is 2. The van der Waals surface area contributed by atoms with Gasteiger partial charge in [0.05, 0.1) is 5.02 Å². The molecule has 0 aliphatic heterocycles. The molecule has 1 unspecified atom stereocenters. The third kappa shape index (κ3) is 6.92. The standard InChI is InChI=1S/C23H28Cl2N2O3/c1-5-20(23(29)26-15(2)3)27(13-17-8-6-16(4)7-9-17)22(28)14-30-21-11-10-18(24)12-19(21)25/h6-12,15,20H,5,13-14H2,1-4H3,(H,26,29).